The third kappa shape index (κ3) is 4.39. The van der Waals surface area contributed by atoms with E-state index in [0.29, 0.717) is 5.56 Å². The molecule has 0 N–H and O–H groups in total. The molecule has 0 saturated carbocycles. The fourth-order valence-electron chi connectivity index (χ4n) is 4.27. The van der Waals surface area contributed by atoms with E-state index < -0.39 is 0 Å². The molecule has 4 aromatic rings. The van der Waals surface area contributed by atoms with Crippen LogP contribution in [0.3, 0.4) is 0 Å². The second-order valence-corrected chi connectivity index (χ2v) is 8.16. The molecule has 0 atom stereocenters. The Bertz CT molecular complexity index is 1200. The molecule has 2 aromatic heterocycles. The summed E-state index contributed by atoms with van der Waals surface area (Å²) in [4.78, 5) is 27.2. The molecule has 0 aliphatic carbocycles. The molecular formula is C27H26N4O. The van der Waals surface area contributed by atoms with E-state index in [-0.39, 0.29) is 5.91 Å². The average Bonchev–Trinajstić information content (AvgIpc) is 2.88. The molecule has 5 nitrogen and oxygen atoms in total. The van der Waals surface area contributed by atoms with Gasteiger partial charge in [-0.25, -0.2) is 4.98 Å². The summed E-state index contributed by atoms with van der Waals surface area (Å²) in [5.41, 5.74) is 4.39. The van der Waals surface area contributed by atoms with Crippen LogP contribution in [0.5, 0.6) is 0 Å². The SMILES string of the molecule is O=C(c1cc(-c2ccccn2)nc2ccccc12)N1CCN(CCc2ccccc2)CC1. The number of fused-ring (bicyclic) bond motifs is 1. The number of carbonyl (C=O) groups excluding carboxylic acids is 1. The van der Waals surface area contributed by atoms with Crippen LogP contribution in [0.1, 0.15) is 15.9 Å². The maximum absolute atomic E-state index is 13.5. The van der Waals surface area contributed by atoms with Gasteiger partial charge in [-0.3, -0.25) is 14.7 Å². The number of piperazine rings is 1. The number of pyridine rings is 2. The Hall–Kier alpha value is -3.57. The summed E-state index contributed by atoms with van der Waals surface area (Å²) >= 11 is 0. The molecule has 1 fully saturated rings. The molecule has 1 aliphatic heterocycles. The standard InChI is InChI=1S/C27H26N4O/c32-27(31-18-16-30(17-19-31)15-13-21-8-2-1-3-9-21)23-20-26(25-12-6-7-14-28-25)29-24-11-5-4-10-22(23)24/h1-12,14,20H,13,15-19H2. The summed E-state index contributed by atoms with van der Waals surface area (Å²) in [7, 11) is 0. The van der Waals surface area contributed by atoms with Gasteiger partial charge in [-0.05, 0) is 36.2 Å². The van der Waals surface area contributed by atoms with Crippen LogP contribution in [0.2, 0.25) is 0 Å². The summed E-state index contributed by atoms with van der Waals surface area (Å²) in [6.45, 7) is 4.30. The zero-order valence-corrected chi connectivity index (χ0v) is 18.0. The van der Waals surface area contributed by atoms with Gasteiger partial charge >= 0.3 is 0 Å². The molecular weight excluding hydrogens is 396 g/mol. The first-order valence-electron chi connectivity index (χ1n) is 11.1. The maximum Gasteiger partial charge on any atom is 0.254 e. The normalized spacial score (nSPS) is 14.6. The van der Waals surface area contributed by atoms with Gasteiger partial charge in [-0.15, -0.1) is 0 Å². The molecule has 160 valence electrons. The Balaban J connectivity index is 1.33. The number of para-hydroxylation sites is 1. The monoisotopic (exact) mass is 422 g/mol. The predicted octanol–water partition coefficient (Wildman–Crippen LogP) is 4.30. The van der Waals surface area contributed by atoms with Crippen molar-refractivity contribution in [2.75, 3.05) is 32.7 Å². The van der Waals surface area contributed by atoms with Crippen molar-refractivity contribution in [1.29, 1.82) is 0 Å². The topological polar surface area (TPSA) is 49.3 Å². The second-order valence-electron chi connectivity index (χ2n) is 8.16. The Labute approximate surface area is 188 Å². The van der Waals surface area contributed by atoms with Crippen molar-refractivity contribution in [2.24, 2.45) is 0 Å². The largest absolute Gasteiger partial charge is 0.336 e. The highest BCUT2D eigenvalue weighted by atomic mass is 16.2. The summed E-state index contributed by atoms with van der Waals surface area (Å²) in [5, 5.41) is 0.892. The van der Waals surface area contributed by atoms with Gasteiger partial charge in [0.25, 0.3) is 5.91 Å². The Kier molecular flexibility index (Phi) is 5.90. The average molecular weight is 423 g/mol. The minimum Gasteiger partial charge on any atom is -0.336 e. The lowest BCUT2D eigenvalue weighted by atomic mass is 10.0. The van der Waals surface area contributed by atoms with E-state index in [2.05, 4.69) is 40.2 Å². The van der Waals surface area contributed by atoms with Crippen molar-refractivity contribution in [2.45, 2.75) is 6.42 Å². The Morgan fingerprint density at radius 3 is 2.34 bits per heavy atom. The highest BCUT2D eigenvalue weighted by Gasteiger charge is 2.24. The number of benzene rings is 2. The van der Waals surface area contributed by atoms with Crippen LogP contribution < -0.4 is 0 Å². The summed E-state index contributed by atoms with van der Waals surface area (Å²) in [6.07, 6.45) is 2.79. The summed E-state index contributed by atoms with van der Waals surface area (Å²) in [6, 6.07) is 26.1. The van der Waals surface area contributed by atoms with Gasteiger partial charge in [0.05, 0.1) is 22.5 Å². The molecule has 5 heteroatoms. The molecule has 0 radical (unpaired) electrons. The van der Waals surface area contributed by atoms with Crippen LogP contribution in [-0.4, -0.2) is 58.4 Å². The quantitative estimate of drug-likeness (QED) is 0.481. The number of hydrogen-bond donors (Lipinski definition) is 0. The number of nitrogens with zero attached hydrogens (tertiary/aromatic N) is 4. The molecule has 5 rings (SSSR count). The van der Waals surface area contributed by atoms with Gasteiger partial charge in [0.2, 0.25) is 0 Å². The third-order valence-electron chi connectivity index (χ3n) is 6.09. The molecule has 32 heavy (non-hydrogen) atoms. The van der Waals surface area contributed by atoms with E-state index in [0.717, 1.165) is 61.4 Å². The zero-order valence-electron chi connectivity index (χ0n) is 18.0. The number of rotatable bonds is 5. The molecule has 2 aromatic carbocycles. The number of amides is 1. The van der Waals surface area contributed by atoms with Crippen molar-refractivity contribution in [1.82, 2.24) is 19.8 Å². The molecule has 0 spiro atoms. The lowest BCUT2D eigenvalue weighted by Crippen LogP contribution is -2.49. The van der Waals surface area contributed by atoms with Gasteiger partial charge in [0.1, 0.15) is 0 Å². The molecule has 0 bridgehead atoms. The van der Waals surface area contributed by atoms with E-state index in [1.165, 1.54) is 5.56 Å². The van der Waals surface area contributed by atoms with Gasteiger partial charge in [-0.2, -0.15) is 0 Å². The van der Waals surface area contributed by atoms with Crippen molar-refractivity contribution in [3.63, 3.8) is 0 Å². The first kappa shape index (κ1) is 20.3. The Morgan fingerprint density at radius 2 is 1.56 bits per heavy atom. The van der Waals surface area contributed by atoms with Crippen LogP contribution in [0.15, 0.2) is 85.1 Å². The van der Waals surface area contributed by atoms with Crippen molar-refractivity contribution in [3.05, 3.63) is 96.2 Å². The van der Waals surface area contributed by atoms with Gasteiger partial charge in [-0.1, -0.05) is 54.6 Å². The van der Waals surface area contributed by atoms with E-state index in [9.17, 15) is 4.79 Å². The van der Waals surface area contributed by atoms with E-state index in [4.69, 9.17) is 4.98 Å². The smallest absolute Gasteiger partial charge is 0.254 e. The van der Waals surface area contributed by atoms with Gasteiger partial charge in [0, 0.05) is 44.3 Å². The van der Waals surface area contributed by atoms with Crippen LogP contribution in [0, 0.1) is 0 Å². The minimum absolute atomic E-state index is 0.0727. The molecule has 3 heterocycles. The fourth-order valence-corrected chi connectivity index (χ4v) is 4.27. The molecule has 1 amide bonds. The highest BCUT2D eigenvalue weighted by molar-refractivity contribution is 6.07. The summed E-state index contributed by atoms with van der Waals surface area (Å²) in [5.74, 6) is 0.0727. The fraction of sp³-hybridized carbons (Fsp3) is 0.222. The van der Waals surface area contributed by atoms with Gasteiger partial charge in [0.15, 0.2) is 0 Å². The zero-order chi connectivity index (χ0) is 21.8. The van der Waals surface area contributed by atoms with E-state index in [1.807, 2.05) is 53.4 Å². The Morgan fingerprint density at radius 1 is 0.812 bits per heavy atom. The number of hydrogen-bond acceptors (Lipinski definition) is 4. The number of carbonyl (C=O) groups is 1. The third-order valence-corrected chi connectivity index (χ3v) is 6.09. The molecule has 0 unspecified atom stereocenters. The van der Waals surface area contributed by atoms with Crippen LogP contribution in [0.25, 0.3) is 22.3 Å². The highest BCUT2D eigenvalue weighted by Crippen LogP contribution is 2.25. The summed E-state index contributed by atoms with van der Waals surface area (Å²) < 4.78 is 0. The first-order chi connectivity index (χ1) is 15.8. The first-order valence-corrected chi connectivity index (χ1v) is 11.1. The maximum atomic E-state index is 13.5. The van der Waals surface area contributed by atoms with Crippen LogP contribution in [0.4, 0.5) is 0 Å². The van der Waals surface area contributed by atoms with E-state index in [1.54, 1.807) is 6.20 Å². The van der Waals surface area contributed by atoms with Gasteiger partial charge < -0.3 is 4.90 Å². The van der Waals surface area contributed by atoms with Crippen molar-refractivity contribution >= 4 is 16.8 Å². The second kappa shape index (κ2) is 9.28. The minimum atomic E-state index is 0.0727. The van der Waals surface area contributed by atoms with Crippen LogP contribution in [-0.2, 0) is 6.42 Å². The lowest BCUT2D eigenvalue weighted by Gasteiger charge is -2.35. The van der Waals surface area contributed by atoms with Crippen molar-refractivity contribution in [3.8, 4) is 11.4 Å². The number of aromatic nitrogens is 2. The predicted molar refractivity (Wildman–Crippen MR) is 127 cm³/mol. The van der Waals surface area contributed by atoms with Crippen molar-refractivity contribution < 1.29 is 4.79 Å². The lowest BCUT2D eigenvalue weighted by molar-refractivity contribution is 0.0640. The molecule has 1 saturated heterocycles. The molecule has 1 aliphatic rings. The van der Waals surface area contributed by atoms with Crippen LogP contribution >= 0.6 is 0 Å². The van der Waals surface area contributed by atoms with E-state index >= 15 is 0 Å².